The molecule has 0 heterocycles. The van der Waals surface area contributed by atoms with E-state index in [1.807, 2.05) is 0 Å². The highest BCUT2D eigenvalue weighted by atomic mass is 35.5. The predicted molar refractivity (Wildman–Crippen MR) is 102 cm³/mol. The Morgan fingerprint density at radius 3 is 2.06 bits per heavy atom. The molecule has 2 rings (SSSR count). The third-order valence-corrected chi connectivity index (χ3v) is 5.10. The van der Waals surface area contributed by atoms with E-state index in [9.17, 15) is 26.7 Å². The molecule has 2 aromatic carbocycles. The Morgan fingerprint density at radius 1 is 0.968 bits per heavy atom. The lowest BCUT2D eigenvalue weighted by Crippen LogP contribution is -2.16. The van der Waals surface area contributed by atoms with Crippen molar-refractivity contribution in [2.45, 2.75) is 20.3 Å². The molecule has 0 amide bonds. The van der Waals surface area contributed by atoms with Gasteiger partial charge in [0.05, 0.1) is 19.1 Å². The van der Waals surface area contributed by atoms with Gasteiger partial charge in [0, 0.05) is 5.02 Å². The number of benzene rings is 2. The lowest BCUT2D eigenvalue weighted by atomic mass is 10.1. The normalized spacial score (nSPS) is 12.9. The molecule has 0 bridgehead atoms. The van der Waals surface area contributed by atoms with Crippen LogP contribution in [0.25, 0.3) is 0 Å². The van der Waals surface area contributed by atoms with Crippen molar-refractivity contribution >= 4 is 26.2 Å². The summed E-state index contributed by atoms with van der Waals surface area (Å²) < 4.78 is 88.5. The molecule has 0 aromatic heterocycles. The summed E-state index contributed by atoms with van der Waals surface area (Å²) in [7, 11) is -2.68. The molecule has 0 saturated carbocycles. The molecular weight excluding hydrogens is 470 g/mol. The van der Waals surface area contributed by atoms with E-state index in [1.165, 1.54) is 24.3 Å². The molecule has 0 radical (unpaired) electrons. The number of hydrogen-bond donors (Lipinski definition) is 0. The minimum atomic E-state index is -2.68. The monoisotopic (exact) mass is 486 g/mol. The van der Waals surface area contributed by atoms with Crippen molar-refractivity contribution in [1.82, 2.24) is 0 Å². The highest BCUT2D eigenvalue weighted by molar-refractivity contribution is 7.42. The molecule has 0 fully saturated rings. The van der Waals surface area contributed by atoms with Crippen molar-refractivity contribution < 1.29 is 45.1 Å². The summed E-state index contributed by atoms with van der Waals surface area (Å²) in [5.74, 6) is -13.5. The van der Waals surface area contributed by atoms with Gasteiger partial charge in [-0.15, -0.1) is 0 Å². The van der Waals surface area contributed by atoms with E-state index in [0.29, 0.717) is 5.02 Å². The fraction of sp³-hybridized carbons (Fsp3) is 0.316. The topological polar surface area (TPSA) is 54.0 Å². The molecule has 2 unspecified atom stereocenters. The van der Waals surface area contributed by atoms with Gasteiger partial charge in [-0.05, 0) is 37.6 Å². The fourth-order valence-electron chi connectivity index (χ4n) is 2.10. The van der Waals surface area contributed by atoms with Gasteiger partial charge in [-0.25, -0.2) is 13.2 Å². The van der Waals surface area contributed by atoms with Crippen LogP contribution in [0.15, 0.2) is 24.3 Å². The molecule has 0 saturated heterocycles. The maximum Gasteiger partial charge on any atom is 0.463 e. The molecule has 31 heavy (non-hydrogen) atoms. The second kappa shape index (κ2) is 11.5. The Morgan fingerprint density at radius 2 is 1.52 bits per heavy atom. The Labute approximate surface area is 181 Å². The van der Waals surface area contributed by atoms with E-state index in [4.69, 9.17) is 29.9 Å². The Bertz CT molecular complexity index is 887. The van der Waals surface area contributed by atoms with Crippen molar-refractivity contribution in [2.75, 3.05) is 13.2 Å². The van der Waals surface area contributed by atoms with E-state index in [-0.39, 0.29) is 25.4 Å². The van der Waals surface area contributed by atoms with Crippen molar-refractivity contribution in [3.05, 3.63) is 58.4 Å². The van der Waals surface area contributed by atoms with Gasteiger partial charge in [-0.2, -0.15) is 8.78 Å². The third kappa shape index (κ3) is 6.66. The van der Waals surface area contributed by atoms with Gasteiger partial charge in [-0.3, -0.25) is 9.32 Å². The van der Waals surface area contributed by atoms with Crippen molar-refractivity contribution in [3.8, 4) is 11.5 Å². The smallest absolute Gasteiger partial charge is 0.463 e. The van der Waals surface area contributed by atoms with Crippen LogP contribution in [-0.4, -0.2) is 19.2 Å². The Hall–Kier alpha value is -2.16. The number of rotatable bonds is 10. The number of hydrogen-bond acceptors (Lipinski definition) is 5. The number of halogens is 6. The van der Waals surface area contributed by atoms with Crippen LogP contribution in [0.5, 0.6) is 11.5 Å². The quantitative estimate of drug-likeness (QED) is 0.129. The summed E-state index contributed by atoms with van der Waals surface area (Å²) in [4.78, 5) is 11.7. The summed E-state index contributed by atoms with van der Waals surface area (Å²) >= 11 is 5.77. The van der Waals surface area contributed by atoms with E-state index in [0.717, 1.165) is 0 Å². The molecule has 170 valence electrons. The number of carbonyl (C=O) groups is 1. The average molecular weight is 487 g/mol. The second-order valence-corrected chi connectivity index (χ2v) is 7.54. The number of esters is 1. The highest BCUT2D eigenvalue weighted by Crippen LogP contribution is 2.44. The lowest BCUT2D eigenvalue weighted by Gasteiger charge is -2.19. The molecule has 0 aliphatic carbocycles. The molecule has 2 aromatic rings. The summed E-state index contributed by atoms with van der Waals surface area (Å²) in [6.07, 6.45) is 0.113. The summed E-state index contributed by atoms with van der Waals surface area (Å²) in [5.41, 5.74) is 0. The molecule has 0 N–H and O–H groups in total. The molecule has 0 spiro atoms. The zero-order valence-corrected chi connectivity index (χ0v) is 17.9. The van der Waals surface area contributed by atoms with E-state index in [2.05, 4.69) is 0 Å². The van der Waals surface area contributed by atoms with E-state index >= 15 is 0 Å². The van der Waals surface area contributed by atoms with Crippen LogP contribution in [-0.2, 0) is 14.1 Å². The molecule has 12 heteroatoms. The SMILES string of the molecule is CCOC(=O)C(C)CCOP(Oc1ccc(Cl)cc1)Oc1c(F)c(F)c(F)c(F)c1F. The summed E-state index contributed by atoms with van der Waals surface area (Å²) in [6, 6.07) is 5.63. The zero-order valence-electron chi connectivity index (χ0n) is 16.3. The molecule has 0 aliphatic rings. The zero-order chi connectivity index (χ0) is 23.1. The van der Waals surface area contributed by atoms with Crippen LogP contribution in [0.1, 0.15) is 20.3 Å². The van der Waals surface area contributed by atoms with Crippen LogP contribution in [0, 0.1) is 35.0 Å². The Kier molecular flexibility index (Phi) is 9.28. The highest BCUT2D eigenvalue weighted by Gasteiger charge is 2.31. The number of carbonyl (C=O) groups excluding carboxylic acids is 1. The minimum absolute atomic E-state index is 0.0952. The summed E-state index contributed by atoms with van der Waals surface area (Å²) in [5, 5.41) is 0.363. The van der Waals surface area contributed by atoms with Crippen LogP contribution < -0.4 is 9.05 Å². The van der Waals surface area contributed by atoms with Gasteiger partial charge in [0.25, 0.3) is 0 Å². The van der Waals surface area contributed by atoms with Crippen molar-refractivity contribution in [2.24, 2.45) is 5.92 Å². The van der Waals surface area contributed by atoms with Crippen LogP contribution in [0.4, 0.5) is 22.0 Å². The first-order chi connectivity index (χ1) is 14.6. The van der Waals surface area contributed by atoms with Crippen LogP contribution in [0.3, 0.4) is 0 Å². The van der Waals surface area contributed by atoms with Crippen LogP contribution in [0.2, 0.25) is 5.02 Å². The first-order valence-corrected chi connectivity index (χ1v) is 10.4. The molecule has 2 atom stereocenters. The maximum atomic E-state index is 14.0. The standard InChI is InChI=1S/C19H17ClF5O5P/c1-3-27-19(26)10(2)8-9-28-31(29-12-6-4-11(20)5-7-12)30-18-16(24)14(22)13(21)15(23)17(18)25/h4-7,10H,3,8-9H2,1-2H3. The first kappa shape index (κ1) is 25.1. The third-order valence-electron chi connectivity index (χ3n) is 3.77. The minimum Gasteiger partial charge on any atom is -0.466 e. The van der Waals surface area contributed by atoms with Gasteiger partial charge in [-0.1, -0.05) is 18.5 Å². The average Bonchev–Trinajstić information content (AvgIpc) is 2.75. The van der Waals surface area contributed by atoms with Crippen molar-refractivity contribution in [3.63, 3.8) is 0 Å². The fourth-order valence-corrected chi connectivity index (χ4v) is 3.23. The van der Waals surface area contributed by atoms with E-state index < -0.39 is 55.3 Å². The second-order valence-electron chi connectivity index (χ2n) is 6.03. The van der Waals surface area contributed by atoms with Gasteiger partial charge >= 0.3 is 14.6 Å². The lowest BCUT2D eigenvalue weighted by molar-refractivity contribution is -0.147. The summed E-state index contributed by atoms with van der Waals surface area (Å²) in [6.45, 7) is 3.18. The molecule has 5 nitrogen and oxygen atoms in total. The van der Waals surface area contributed by atoms with Gasteiger partial charge in [0.2, 0.25) is 34.8 Å². The largest absolute Gasteiger partial charge is 0.466 e. The first-order valence-electron chi connectivity index (χ1n) is 8.88. The molecular formula is C19H17ClF5O5P. The van der Waals surface area contributed by atoms with E-state index in [1.54, 1.807) is 13.8 Å². The molecule has 0 aliphatic heterocycles. The Balaban J connectivity index is 2.20. The number of ether oxygens (including phenoxy) is 1. The maximum absolute atomic E-state index is 14.0. The predicted octanol–water partition coefficient (Wildman–Crippen LogP) is 6.33. The van der Waals surface area contributed by atoms with Crippen molar-refractivity contribution in [1.29, 1.82) is 0 Å². The van der Waals surface area contributed by atoms with Gasteiger partial charge < -0.3 is 13.8 Å². The van der Waals surface area contributed by atoms with Gasteiger partial charge in [0.1, 0.15) is 5.75 Å². The van der Waals surface area contributed by atoms with Gasteiger partial charge in [0.15, 0.2) is 0 Å². The van der Waals surface area contributed by atoms with Crippen LogP contribution >= 0.6 is 20.2 Å².